The van der Waals surface area contributed by atoms with Gasteiger partial charge in [-0.25, -0.2) is 9.50 Å². The van der Waals surface area contributed by atoms with Crippen molar-refractivity contribution < 1.29 is 4.74 Å². The lowest BCUT2D eigenvalue weighted by Gasteiger charge is -2.19. The molecular formula is C13H16ClN3O. The maximum absolute atomic E-state index is 6.23. The molecule has 0 aromatic carbocycles. The molecule has 0 amide bonds. The number of rotatable bonds is 2. The molecule has 3 heterocycles. The van der Waals surface area contributed by atoms with Crippen LogP contribution in [-0.4, -0.2) is 27.8 Å². The lowest BCUT2D eigenvalue weighted by atomic mass is 9.97. The first-order chi connectivity index (χ1) is 8.78. The van der Waals surface area contributed by atoms with E-state index in [1.807, 2.05) is 6.07 Å². The van der Waals surface area contributed by atoms with Gasteiger partial charge >= 0.3 is 0 Å². The first-order valence-corrected chi connectivity index (χ1v) is 6.78. The first-order valence-electron chi connectivity index (χ1n) is 6.40. The third kappa shape index (κ3) is 2.10. The zero-order chi connectivity index (χ0) is 12.5. The van der Waals surface area contributed by atoms with Gasteiger partial charge in [-0.15, -0.1) is 0 Å². The SMILES string of the molecule is CCc1cc(Cl)n2nc(C3CCOCC3)cc2n1. The smallest absolute Gasteiger partial charge is 0.157 e. The summed E-state index contributed by atoms with van der Waals surface area (Å²) in [6.07, 6.45) is 2.94. The summed E-state index contributed by atoms with van der Waals surface area (Å²) in [5.74, 6) is 0.474. The van der Waals surface area contributed by atoms with Crippen molar-refractivity contribution in [3.63, 3.8) is 0 Å². The minimum absolute atomic E-state index is 0.474. The highest BCUT2D eigenvalue weighted by Gasteiger charge is 2.19. The van der Waals surface area contributed by atoms with E-state index in [0.29, 0.717) is 11.1 Å². The molecule has 2 aromatic heterocycles. The molecule has 0 N–H and O–H groups in total. The predicted octanol–water partition coefficient (Wildman–Crippen LogP) is 2.84. The zero-order valence-corrected chi connectivity index (χ0v) is 11.2. The molecule has 1 fully saturated rings. The molecule has 4 nitrogen and oxygen atoms in total. The lowest BCUT2D eigenvalue weighted by Crippen LogP contribution is -2.14. The van der Waals surface area contributed by atoms with Gasteiger partial charge < -0.3 is 4.74 Å². The maximum Gasteiger partial charge on any atom is 0.157 e. The number of halogens is 1. The molecule has 0 saturated carbocycles. The molecule has 1 aliphatic heterocycles. The van der Waals surface area contributed by atoms with E-state index < -0.39 is 0 Å². The quantitative estimate of drug-likeness (QED) is 0.784. The van der Waals surface area contributed by atoms with Gasteiger partial charge in [-0.1, -0.05) is 18.5 Å². The molecule has 0 radical (unpaired) electrons. The van der Waals surface area contributed by atoms with Crippen LogP contribution >= 0.6 is 11.6 Å². The first kappa shape index (κ1) is 11.9. The molecule has 3 rings (SSSR count). The standard InChI is InChI=1S/C13H16ClN3O/c1-2-10-7-12(14)17-13(15-10)8-11(16-17)9-3-5-18-6-4-9/h7-9H,2-6H2,1H3. The number of hydrogen-bond donors (Lipinski definition) is 0. The van der Waals surface area contributed by atoms with Crippen LogP contribution in [0.1, 0.15) is 37.1 Å². The highest BCUT2D eigenvalue weighted by Crippen LogP contribution is 2.27. The topological polar surface area (TPSA) is 39.4 Å². The van der Waals surface area contributed by atoms with Crippen LogP contribution in [0.15, 0.2) is 12.1 Å². The van der Waals surface area contributed by atoms with Crippen LogP contribution < -0.4 is 0 Å². The van der Waals surface area contributed by atoms with Gasteiger partial charge in [-0.2, -0.15) is 5.10 Å². The Kier molecular flexibility index (Phi) is 3.22. The van der Waals surface area contributed by atoms with Gasteiger partial charge in [-0.05, 0) is 25.3 Å². The Balaban J connectivity index is 2.01. The van der Waals surface area contributed by atoms with E-state index in [1.54, 1.807) is 4.52 Å². The summed E-state index contributed by atoms with van der Waals surface area (Å²) in [6, 6.07) is 3.94. The number of nitrogens with zero attached hydrogens (tertiary/aromatic N) is 3. The summed E-state index contributed by atoms with van der Waals surface area (Å²) in [6.45, 7) is 3.71. The van der Waals surface area contributed by atoms with Gasteiger partial charge in [-0.3, -0.25) is 0 Å². The second-order valence-corrected chi connectivity index (χ2v) is 5.04. The van der Waals surface area contributed by atoms with E-state index in [1.165, 1.54) is 0 Å². The van der Waals surface area contributed by atoms with E-state index in [9.17, 15) is 0 Å². The van der Waals surface area contributed by atoms with E-state index in [2.05, 4.69) is 23.1 Å². The van der Waals surface area contributed by atoms with Gasteiger partial charge in [0.25, 0.3) is 0 Å². The van der Waals surface area contributed by atoms with Crippen LogP contribution in [0.4, 0.5) is 0 Å². The maximum atomic E-state index is 6.23. The van der Waals surface area contributed by atoms with Crippen molar-refractivity contribution >= 4 is 17.2 Å². The zero-order valence-electron chi connectivity index (χ0n) is 10.4. The minimum Gasteiger partial charge on any atom is -0.381 e. The Hall–Kier alpha value is -1.13. The number of hydrogen-bond acceptors (Lipinski definition) is 3. The third-order valence-corrected chi connectivity index (χ3v) is 3.73. The average Bonchev–Trinajstić information content (AvgIpc) is 2.84. The van der Waals surface area contributed by atoms with Crippen LogP contribution in [0.2, 0.25) is 5.15 Å². The Bertz CT molecular complexity index is 561. The fourth-order valence-corrected chi connectivity index (χ4v) is 2.63. The van der Waals surface area contributed by atoms with Crippen molar-refractivity contribution in [3.05, 3.63) is 28.7 Å². The van der Waals surface area contributed by atoms with E-state index in [4.69, 9.17) is 16.3 Å². The number of aryl methyl sites for hydroxylation is 1. The average molecular weight is 266 g/mol. The molecular weight excluding hydrogens is 250 g/mol. The van der Waals surface area contributed by atoms with E-state index in [0.717, 1.165) is 49.5 Å². The Morgan fingerprint density at radius 2 is 2.17 bits per heavy atom. The predicted molar refractivity (Wildman–Crippen MR) is 70.2 cm³/mol. The van der Waals surface area contributed by atoms with Gasteiger partial charge in [0, 0.05) is 30.9 Å². The van der Waals surface area contributed by atoms with Gasteiger partial charge in [0.1, 0.15) is 5.15 Å². The molecule has 5 heteroatoms. The summed E-state index contributed by atoms with van der Waals surface area (Å²) < 4.78 is 7.11. The number of fused-ring (bicyclic) bond motifs is 1. The fraction of sp³-hybridized carbons (Fsp3) is 0.538. The van der Waals surface area contributed by atoms with Crippen molar-refractivity contribution in [1.29, 1.82) is 0 Å². The monoisotopic (exact) mass is 265 g/mol. The summed E-state index contributed by atoms with van der Waals surface area (Å²) in [5.41, 5.74) is 2.94. The van der Waals surface area contributed by atoms with Crippen molar-refractivity contribution in [1.82, 2.24) is 14.6 Å². The Labute approximate surface area is 111 Å². The van der Waals surface area contributed by atoms with Gasteiger partial charge in [0.05, 0.1) is 5.69 Å². The largest absolute Gasteiger partial charge is 0.381 e. The molecule has 96 valence electrons. The second kappa shape index (κ2) is 4.86. The van der Waals surface area contributed by atoms with Crippen LogP contribution in [0.25, 0.3) is 5.65 Å². The third-order valence-electron chi connectivity index (χ3n) is 3.46. The Morgan fingerprint density at radius 1 is 1.39 bits per heavy atom. The van der Waals surface area contributed by atoms with Crippen LogP contribution in [0, 0.1) is 0 Å². The molecule has 0 spiro atoms. The van der Waals surface area contributed by atoms with Crippen molar-refractivity contribution in [2.75, 3.05) is 13.2 Å². The molecule has 1 saturated heterocycles. The van der Waals surface area contributed by atoms with E-state index >= 15 is 0 Å². The molecule has 2 aromatic rings. The summed E-state index contributed by atoms with van der Waals surface area (Å²) in [4.78, 5) is 4.55. The molecule has 18 heavy (non-hydrogen) atoms. The van der Waals surface area contributed by atoms with Crippen LogP contribution in [0.5, 0.6) is 0 Å². The summed E-state index contributed by atoms with van der Waals surface area (Å²) in [5, 5.41) is 5.21. The van der Waals surface area contributed by atoms with Crippen LogP contribution in [-0.2, 0) is 11.2 Å². The summed E-state index contributed by atoms with van der Waals surface area (Å²) >= 11 is 6.23. The highest BCUT2D eigenvalue weighted by atomic mass is 35.5. The number of ether oxygens (including phenoxy) is 1. The molecule has 1 aliphatic rings. The van der Waals surface area contributed by atoms with E-state index in [-0.39, 0.29) is 0 Å². The molecule has 0 atom stereocenters. The molecule has 0 aliphatic carbocycles. The lowest BCUT2D eigenvalue weighted by molar-refractivity contribution is 0.0844. The Morgan fingerprint density at radius 3 is 2.89 bits per heavy atom. The number of aromatic nitrogens is 3. The summed E-state index contributed by atoms with van der Waals surface area (Å²) in [7, 11) is 0. The molecule has 0 bridgehead atoms. The van der Waals surface area contributed by atoms with Gasteiger partial charge in [0.2, 0.25) is 0 Å². The van der Waals surface area contributed by atoms with Gasteiger partial charge in [0.15, 0.2) is 5.65 Å². The van der Waals surface area contributed by atoms with Crippen molar-refractivity contribution in [2.45, 2.75) is 32.1 Å². The van der Waals surface area contributed by atoms with Crippen LogP contribution in [0.3, 0.4) is 0 Å². The van der Waals surface area contributed by atoms with Crippen molar-refractivity contribution in [2.24, 2.45) is 0 Å². The van der Waals surface area contributed by atoms with Crippen molar-refractivity contribution in [3.8, 4) is 0 Å². The second-order valence-electron chi connectivity index (χ2n) is 4.65. The minimum atomic E-state index is 0.474. The fourth-order valence-electron chi connectivity index (χ4n) is 2.38. The normalized spacial score (nSPS) is 17.4. The molecule has 0 unspecified atom stereocenters. The highest BCUT2D eigenvalue weighted by molar-refractivity contribution is 6.29.